The Balaban J connectivity index is 1.77. The first-order valence-electron chi connectivity index (χ1n) is 10.6. The van der Waals surface area contributed by atoms with E-state index in [0.29, 0.717) is 52.5 Å². The average molecular weight is 419 g/mol. The third kappa shape index (κ3) is 15.3. The summed E-state index contributed by atoms with van der Waals surface area (Å²) in [6.45, 7) is 9.85. The Morgan fingerprint density at radius 3 is 1.62 bits per heavy atom. The molecule has 0 saturated carbocycles. The molecule has 1 rings (SSSR count). The Labute approximate surface area is 174 Å². The molecule has 1 aliphatic rings. The lowest BCUT2D eigenvalue weighted by Crippen LogP contribution is -2.45. The average Bonchev–Trinajstić information content (AvgIpc) is 2.71. The molecule has 0 radical (unpaired) electrons. The first-order chi connectivity index (χ1) is 14.1. The van der Waals surface area contributed by atoms with Crippen LogP contribution in [0.3, 0.4) is 0 Å². The van der Waals surface area contributed by atoms with E-state index in [1.807, 2.05) is 6.92 Å². The highest BCUT2D eigenvalue weighted by Gasteiger charge is 2.14. The highest BCUT2D eigenvalue weighted by atomic mass is 16.6. The Morgan fingerprint density at radius 2 is 1.14 bits per heavy atom. The summed E-state index contributed by atoms with van der Waals surface area (Å²) in [6, 6.07) is 0. The molecule has 0 spiro atoms. The zero-order chi connectivity index (χ0) is 21.2. The van der Waals surface area contributed by atoms with E-state index < -0.39 is 0 Å². The number of carbonyl (C=O) groups is 2. The van der Waals surface area contributed by atoms with Crippen LogP contribution in [0.15, 0.2) is 0 Å². The minimum absolute atomic E-state index is 0.179. The lowest BCUT2D eigenvalue weighted by molar-refractivity contribution is -0.146. The quantitative estimate of drug-likeness (QED) is 0.248. The standard InChI is InChI=1S/C20H38N2O7/c1-3-4-19(23)28-17-15-26-13-11-25-12-14-27-16-18-29-20(24)5-6-22-9-7-21(2)8-10-22/h3-18H2,1-2H3. The second kappa shape index (κ2) is 17.6. The smallest absolute Gasteiger partial charge is 0.307 e. The molecule has 1 saturated heterocycles. The molecule has 1 heterocycles. The number of esters is 2. The van der Waals surface area contributed by atoms with Crippen LogP contribution in [-0.4, -0.2) is 114 Å². The molecule has 0 aromatic rings. The highest BCUT2D eigenvalue weighted by Crippen LogP contribution is 2.00. The first kappa shape index (κ1) is 25.8. The maximum Gasteiger partial charge on any atom is 0.307 e. The summed E-state index contributed by atoms with van der Waals surface area (Å²) >= 11 is 0. The lowest BCUT2D eigenvalue weighted by Gasteiger charge is -2.31. The zero-order valence-corrected chi connectivity index (χ0v) is 18.1. The Morgan fingerprint density at radius 1 is 0.690 bits per heavy atom. The third-order valence-electron chi connectivity index (χ3n) is 4.41. The Bertz CT molecular complexity index is 429. The van der Waals surface area contributed by atoms with Crippen molar-refractivity contribution in [2.24, 2.45) is 0 Å². The van der Waals surface area contributed by atoms with Crippen molar-refractivity contribution in [1.82, 2.24) is 9.80 Å². The number of rotatable bonds is 17. The molecule has 1 fully saturated rings. The number of likely N-dealkylation sites (N-methyl/N-ethyl adjacent to an activating group) is 1. The summed E-state index contributed by atoms with van der Waals surface area (Å²) in [5.74, 6) is -0.369. The molecule has 170 valence electrons. The van der Waals surface area contributed by atoms with Crippen LogP contribution in [0.5, 0.6) is 0 Å². The van der Waals surface area contributed by atoms with Crippen LogP contribution < -0.4 is 0 Å². The number of nitrogens with zero attached hydrogens (tertiary/aromatic N) is 2. The van der Waals surface area contributed by atoms with Crippen LogP contribution in [0, 0.1) is 0 Å². The van der Waals surface area contributed by atoms with Gasteiger partial charge in [-0.2, -0.15) is 0 Å². The third-order valence-corrected chi connectivity index (χ3v) is 4.41. The van der Waals surface area contributed by atoms with E-state index >= 15 is 0 Å². The minimum Gasteiger partial charge on any atom is -0.463 e. The fraction of sp³-hybridized carbons (Fsp3) is 0.900. The number of piperazine rings is 1. The zero-order valence-electron chi connectivity index (χ0n) is 18.1. The molecule has 9 heteroatoms. The van der Waals surface area contributed by atoms with Crippen molar-refractivity contribution in [3.8, 4) is 0 Å². The van der Waals surface area contributed by atoms with Gasteiger partial charge in [-0.3, -0.25) is 9.59 Å². The second-order valence-corrected chi connectivity index (χ2v) is 6.92. The normalized spacial score (nSPS) is 15.4. The molecule has 0 amide bonds. The summed E-state index contributed by atoms with van der Waals surface area (Å²) in [4.78, 5) is 27.4. The van der Waals surface area contributed by atoms with E-state index in [1.54, 1.807) is 0 Å². The molecular weight excluding hydrogens is 380 g/mol. The Hall–Kier alpha value is -1.26. The van der Waals surface area contributed by atoms with Crippen LogP contribution in [0.25, 0.3) is 0 Å². The van der Waals surface area contributed by atoms with Crippen molar-refractivity contribution < 1.29 is 33.3 Å². The summed E-state index contributed by atoms with van der Waals surface area (Å²) in [6.07, 6.45) is 1.65. The molecule has 0 bridgehead atoms. The van der Waals surface area contributed by atoms with Gasteiger partial charge in [0.1, 0.15) is 13.2 Å². The largest absolute Gasteiger partial charge is 0.463 e. The van der Waals surface area contributed by atoms with Crippen molar-refractivity contribution in [1.29, 1.82) is 0 Å². The van der Waals surface area contributed by atoms with Gasteiger partial charge in [0.25, 0.3) is 0 Å². The van der Waals surface area contributed by atoms with Gasteiger partial charge >= 0.3 is 11.9 Å². The fourth-order valence-electron chi connectivity index (χ4n) is 2.64. The van der Waals surface area contributed by atoms with E-state index in [2.05, 4.69) is 16.8 Å². The van der Waals surface area contributed by atoms with Gasteiger partial charge in [0.05, 0.1) is 46.1 Å². The van der Waals surface area contributed by atoms with Crippen molar-refractivity contribution >= 4 is 11.9 Å². The first-order valence-corrected chi connectivity index (χ1v) is 10.6. The summed E-state index contributed by atoms with van der Waals surface area (Å²) < 4.78 is 26.2. The van der Waals surface area contributed by atoms with E-state index in [9.17, 15) is 9.59 Å². The number of hydrogen-bond donors (Lipinski definition) is 0. The van der Waals surface area contributed by atoms with Gasteiger partial charge in [-0.1, -0.05) is 6.92 Å². The van der Waals surface area contributed by atoms with Crippen LogP contribution in [0.4, 0.5) is 0 Å². The van der Waals surface area contributed by atoms with Crippen molar-refractivity contribution in [2.45, 2.75) is 26.2 Å². The van der Waals surface area contributed by atoms with E-state index in [4.69, 9.17) is 23.7 Å². The maximum atomic E-state index is 11.7. The van der Waals surface area contributed by atoms with Crippen molar-refractivity contribution in [2.75, 3.05) is 92.6 Å². The van der Waals surface area contributed by atoms with Gasteiger partial charge in [0.2, 0.25) is 0 Å². The van der Waals surface area contributed by atoms with Gasteiger partial charge in [-0.25, -0.2) is 0 Å². The van der Waals surface area contributed by atoms with Crippen molar-refractivity contribution in [3.05, 3.63) is 0 Å². The van der Waals surface area contributed by atoms with Crippen LogP contribution in [-0.2, 0) is 33.3 Å². The summed E-state index contributed by atoms with van der Waals surface area (Å²) in [5.41, 5.74) is 0. The maximum absolute atomic E-state index is 11.7. The van der Waals surface area contributed by atoms with Crippen LogP contribution >= 0.6 is 0 Å². The molecule has 0 atom stereocenters. The predicted octanol–water partition coefficient (Wildman–Crippen LogP) is 0.560. The highest BCUT2D eigenvalue weighted by molar-refractivity contribution is 5.69. The predicted molar refractivity (Wildman–Crippen MR) is 108 cm³/mol. The van der Waals surface area contributed by atoms with Crippen molar-refractivity contribution in [3.63, 3.8) is 0 Å². The van der Waals surface area contributed by atoms with Gasteiger partial charge in [-0.15, -0.1) is 0 Å². The summed E-state index contributed by atoms with van der Waals surface area (Å²) in [5, 5.41) is 0. The number of ether oxygens (including phenoxy) is 5. The molecular formula is C20H38N2O7. The SMILES string of the molecule is CCCC(=O)OCCOCCOCCOCCOC(=O)CCN1CCN(C)CC1. The molecule has 0 N–H and O–H groups in total. The van der Waals surface area contributed by atoms with Gasteiger partial charge < -0.3 is 33.5 Å². The van der Waals surface area contributed by atoms with Crippen LogP contribution in [0.2, 0.25) is 0 Å². The number of carbonyl (C=O) groups excluding carboxylic acids is 2. The van der Waals surface area contributed by atoms with E-state index in [-0.39, 0.29) is 25.2 Å². The molecule has 1 aliphatic heterocycles. The van der Waals surface area contributed by atoms with E-state index in [1.165, 1.54) is 0 Å². The van der Waals surface area contributed by atoms with Gasteiger partial charge in [-0.05, 0) is 13.5 Å². The molecule has 0 aliphatic carbocycles. The molecule has 0 unspecified atom stereocenters. The topological polar surface area (TPSA) is 86.8 Å². The van der Waals surface area contributed by atoms with E-state index in [0.717, 1.165) is 39.1 Å². The second-order valence-electron chi connectivity index (χ2n) is 6.92. The van der Waals surface area contributed by atoms with Gasteiger partial charge in [0.15, 0.2) is 0 Å². The lowest BCUT2D eigenvalue weighted by atomic mass is 10.3. The molecule has 29 heavy (non-hydrogen) atoms. The fourth-order valence-corrected chi connectivity index (χ4v) is 2.64. The van der Waals surface area contributed by atoms with Gasteiger partial charge in [0, 0.05) is 39.1 Å². The monoisotopic (exact) mass is 418 g/mol. The molecule has 9 nitrogen and oxygen atoms in total. The summed E-state index contributed by atoms with van der Waals surface area (Å²) in [7, 11) is 2.11. The minimum atomic E-state index is -0.190. The molecule has 0 aromatic heterocycles. The number of hydrogen-bond acceptors (Lipinski definition) is 9. The molecule has 0 aromatic carbocycles. The van der Waals surface area contributed by atoms with Crippen LogP contribution in [0.1, 0.15) is 26.2 Å². The Kier molecular flexibility index (Phi) is 15.6.